The van der Waals surface area contributed by atoms with Crippen LogP contribution in [0.1, 0.15) is 25.3 Å². The molecule has 1 atom stereocenters. The second kappa shape index (κ2) is 7.18. The summed E-state index contributed by atoms with van der Waals surface area (Å²) in [6.45, 7) is 4.01. The number of rotatable bonds is 3. The van der Waals surface area contributed by atoms with Gasteiger partial charge in [-0.3, -0.25) is 14.5 Å². The van der Waals surface area contributed by atoms with Gasteiger partial charge >= 0.3 is 6.03 Å². The van der Waals surface area contributed by atoms with Crippen LogP contribution in [0.15, 0.2) is 30.3 Å². The van der Waals surface area contributed by atoms with Crippen molar-refractivity contribution in [2.75, 3.05) is 39.5 Å². The SMILES string of the molecule is CC1(c2ccccc2)NC(=O)N(CC(=O)N2CCOC3(CCOCC3)C2)C1=O. The number of carbonyl (C=O) groups is 3. The monoisotopic (exact) mass is 387 g/mol. The zero-order valence-corrected chi connectivity index (χ0v) is 16.0. The average Bonchev–Trinajstić information content (AvgIpc) is 2.93. The molecule has 1 N–H and O–H groups in total. The maximum atomic E-state index is 13.0. The third-order valence-corrected chi connectivity index (χ3v) is 5.92. The van der Waals surface area contributed by atoms with E-state index in [1.54, 1.807) is 24.0 Å². The summed E-state index contributed by atoms with van der Waals surface area (Å²) in [5.41, 5.74) is -0.844. The highest BCUT2D eigenvalue weighted by Gasteiger charge is 2.50. The van der Waals surface area contributed by atoms with Crippen molar-refractivity contribution in [2.45, 2.75) is 30.9 Å². The fourth-order valence-corrected chi connectivity index (χ4v) is 4.15. The van der Waals surface area contributed by atoms with Crippen molar-refractivity contribution in [3.63, 3.8) is 0 Å². The zero-order chi connectivity index (χ0) is 19.8. The third-order valence-electron chi connectivity index (χ3n) is 5.92. The van der Waals surface area contributed by atoms with Gasteiger partial charge in [-0.05, 0) is 12.5 Å². The first kappa shape index (κ1) is 18.9. The lowest BCUT2D eigenvalue weighted by molar-refractivity contribution is -0.168. The highest BCUT2D eigenvalue weighted by Crippen LogP contribution is 2.31. The Bertz CT molecular complexity index is 772. The molecule has 1 spiro atoms. The van der Waals surface area contributed by atoms with Crippen molar-refractivity contribution >= 4 is 17.8 Å². The molecular weight excluding hydrogens is 362 g/mol. The summed E-state index contributed by atoms with van der Waals surface area (Å²) in [6.07, 6.45) is 1.48. The van der Waals surface area contributed by atoms with Gasteiger partial charge in [0.25, 0.3) is 5.91 Å². The zero-order valence-electron chi connectivity index (χ0n) is 16.0. The maximum absolute atomic E-state index is 13.0. The molecule has 1 unspecified atom stereocenters. The molecule has 0 bridgehead atoms. The van der Waals surface area contributed by atoms with Gasteiger partial charge in [0.05, 0.1) is 12.2 Å². The molecule has 3 fully saturated rings. The Kier molecular flexibility index (Phi) is 4.84. The number of benzene rings is 1. The van der Waals surface area contributed by atoms with Gasteiger partial charge in [0.2, 0.25) is 5.91 Å². The van der Waals surface area contributed by atoms with E-state index in [-0.39, 0.29) is 18.1 Å². The van der Waals surface area contributed by atoms with E-state index in [4.69, 9.17) is 9.47 Å². The molecule has 0 aliphatic carbocycles. The van der Waals surface area contributed by atoms with Gasteiger partial charge in [0.15, 0.2) is 0 Å². The molecule has 150 valence electrons. The number of nitrogens with zero attached hydrogens (tertiary/aromatic N) is 2. The minimum Gasteiger partial charge on any atom is -0.381 e. The quantitative estimate of drug-likeness (QED) is 0.778. The van der Waals surface area contributed by atoms with E-state index in [0.717, 1.165) is 17.7 Å². The molecule has 0 radical (unpaired) electrons. The molecule has 4 rings (SSSR count). The number of nitrogens with one attached hydrogen (secondary N) is 1. The number of imide groups is 1. The molecule has 8 heteroatoms. The molecule has 3 aliphatic heterocycles. The van der Waals surface area contributed by atoms with E-state index in [1.807, 2.05) is 18.2 Å². The summed E-state index contributed by atoms with van der Waals surface area (Å²) in [6, 6.07) is 8.52. The Morgan fingerprint density at radius 1 is 1.14 bits per heavy atom. The minimum atomic E-state index is -1.16. The highest BCUT2D eigenvalue weighted by molar-refractivity contribution is 6.09. The first-order valence-corrected chi connectivity index (χ1v) is 9.63. The molecule has 3 heterocycles. The van der Waals surface area contributed by atoms with Crippen LogP contribution in [-0.4, -0.2) is 72.7 Å². The van der Waals surface area contributed by atoms with Crippen molar-refractivity contribution in [1.29, 1.82) is 0 Å². The second-order valence-corrected chi connectivity index (χ2v) is 7.77. The molecule has 28 heavy (non-hydrogen) atoms. The fourth-order valence-electron chi connectivity index (χ4n) is 4.15. The van der Waals surface area contributed by atoms with Gasteiger partial charge < -0.3 is 19.7 Å². The van der Waals surface area contributed by atoms with Crippen molar-refractivity contribution < 1.29 is 23.9 Å². The Balaban J connectivity index is 1.46. The molecule has 0 aromatic heterocycles. The lowest BCUT2D eigenvalue weighted by atomic mass is 9.92. The van der Waals surface area contributed by atoms with Crippen LogP contribution in [0.4, 0.5) is 4.79 Å². The van der Waals surface area contributed by atoms with Crippen LogP contribution < -0.4 is 5.32 Å². The first-order chi connectivity index (χ1) is 13.4. The van der Waals surface area contributed by atoms with E-state index >= 15 is 0 Å². The van der Waals surface area contributed by atoms with Gasteiger partial charge in [0.1, 0.15) is 12.1 Å². The predicted molar refractivity (Wildman–Crippen MR) is 99.4 cm³/mol. The molecule has 8 nitrogen and oxygen atoms in total. The van der Waals surface area contributed by atoms with Crippen LogP contribution in [0, 0.1) is 0 Å². The van der Waals surface area contributed by atoms with E-state index in [1.165, 1.54) is 0 Å². The Morgan fingerprint density at radius 2 is 1.86 bits per heavy atom. The number of ether oxygens (including phenoxy) is 2. The first-order valence-electron chi connectivity index (χ1n) is 9.63. The van der Waals surface area contributed by atoms with Crippen LogP contribution in [0.5, 0.6) is 0 Å². The summed E-state index contributed by atoms with van der Waals surface area (Å²) >= 11 is 0. The molecule has 1 aromatic carbocycles. The molecule has 4 amide bonds. The predicted octanol–water partition coefficient (Wildman–Crippen LogP) is 0.862. The van der Waals surface area contributed by atoms with Crippen LogP contribution in [-0.2, 0) is 24.6 Å². The number of hydrogen-bond donors (Lipinski definition) is 1. The summed E-state index contributed by atoms with van der Waals surface area (Å²) < 4.78 is 11.4. The number of urea groups is 1. The maximum Gasteiger partial charge on any atom is 0.325 e. The van der Waals surface area contributed by atoms with Crippen LogP contribution in [0.2, 0.25) is 0 Å². The third kappa shape index (κ3) is 3.27. The van der Waals surface area contributed by atoms with Gasteiger partial charge in [-0.1, -0.05) is 30.3 Å². The lowest BCUT2D eigenvalue weighted by Gasteiger charge is -2.44. The molecule has 1 aromatic rings. The average molecular weight is 387 g/mol. The van der Waals surface area contributed by atoms with Gasteiger partial charge in [-0.15, -0.1) is 0 Å². The summed E-state index contributed by atoms with van der Waals surface area (Å²) in [4.78, 5) is 41.1. The number of carbonyl (C=O) groups excluding carboxylic acids is 3. The topological polar surface area (TPSA) is 88.2 Å². The molecule has 0 saturated carbocycles. The van der Waals surface area contributed by atoms with Gasteiger partial charge in [-0.25, -0.2) is 4.79 Å². The smallest absolute Gasteiger partial charge is 0.325 e. The largest absolute Gasteiger partial charge is 0.381 e. The second-order valence-electron chi connectivity index (χ2n) is 7.77. The van der Waals surface area contributed by atoms with Crippen LogP contribution in [0.3, 0.4) is 0 Å². The number of hydrogen-bond acceptors (Lipinski definition) is 5. The summed E-state index contributed by atoms with van der Waals surface area (Å²) in [5, 5.41) is 2.74. The van der Waals surface area contributed by atoms with Crippen molar-refractivity contribution in [3.8, 4) is 0 Å². The van der Waals surface area contributed by atoms with Crippen molar-refractivity contribution in [1.82, 2.24) is 15.1 Å². The highest BCUT2D eigenvalue weighted by atomic mass is 16.5. The Labute approximate surface area is 163 Å². The lowest BCUT2D eigenvalue weighted by Crippen LogP contribution is -2.57. The molecular formula is C20H25N3O5. The van der Waals surface area contributed by atoms with Crippen molar-refractivity contribution in [3.05, 3.63) is 35.9 Å². The summed E-state index contributed by atoms with van der Waals surface area (Å²) in [7, 11) is 0. The standard InChI is InChI=1S/C20H25N3O5/c1-19(15-5-3-2-4-6-15)17(25)23(18(26)21-19)13-16(24)22-9-12-28-20(14-22)7-10-27-11-8-20/h2-6H,7-14H2,1H3,(H,21,26). The van der Waals surface area contributed by atoms with Crippen molar-refractivity contribution in [2.24, 2.45) is 0 Å². The van der Waals surface area contributed by atoms with E-state index in [2.05, 4.69) is 5.32 Å². The Hall–Kier alpha value is -2.45. The Morgan fingerprint density at radius 3 is 2.57 bits per heavy atom. The van der Waals surface area contributed by atoms with E-state index in [9.17, 15) is 14.4 Å². The minimum absolute atomic E-state index is 0.241. The molecule has 3 saturated heterocycles. The normalized spacial score (nSPS) is 27.2. The van der Waals surface area contributed by atoms with Crippen LogP contribution >= 0.6 is 0 Å². The summed E-state index contributed by atoms with van der Waals surface area (Å²) in [5.74, 6) is -0.652. The number of amides is 4. The molecule has 3 aliphatic rings. The van der Waals surface area contributed by atoms with E-state index in [0.29, 0.717) is 38.5 Å². The fraction of sp³-hybridized carbons (Fsp3) is 0.550. The van der Waals surface area contributed by atoms with Crippen LogP contribution in [0.25, 0.3) is 0 Å². The van der Waals surface area contributed by atoms with Gasteiger partial charge in [-0.2, -0.15) is 0 Å². The van der Waals surface area contributed by atoms with E-state index < -0.39 is 17.5 Å². The number of morpholine rings is 1. The van der Waals surface area contributed by atoms with Gasteiger partial charge in [0, 0.05) is 39.1 Å².